The van der Waals surface area contributed by atoms with Crippen LogP contribution in [0.3, 0.4) is 0 Å². The highest BCUT2D eigenvalue weighted by Gasteiger charge is 2.34. The van der Waals surface area contributed by atoms with Crippen molar-refractivity contribution in [3.63, 3.8) is 0 Å². The first-order valence-electron chi connectivity index (χ1n) is 6.69. The number of benzene rings is 1. The molecule has 1 aromatic carbocycles. The van der Waals surface area contributed by atoms with Gasteiger partial charge in [0.15, 0.2) is 5.11 Å². The maximum absolute atomic E-state index is 13.4. The predicted octanol–water partition coefficient (Wildman–Crippen LogP) is 2.56. The van der Waals surface area contributed by atoms with Crippen molar-refractivity contribution in [2.75, 3.05) is 4.90 Å². The molecule has 2 amide bonds. The third-order valence-electron chi connectivity index (χ3n) is 3.22. The fourth-order valence-electron chi connectivity index (χ4n) is 2.18. The second-order valence-corrected chi connectivity index (χ2v) is 5.27. The van der Waals surface area contributed by atoms with Gasteiger partial charge in [-0.15, -0.1) is 0 Å². The molecular weight excluding hydrogens is 319 g/mol. The summed E-state index contributed by atoms with van der Waals surface area (Å²) in [6, 6.07) is 8.75. The summed E-state index contributed by atoms with van der Waals surface area (Å²) in [5.41, 5.74) is 0.0961. The van der Waals surface area contributed by atoms with Crippen LogP contribution in [0.15, 0.2) is 46.4 Å². The summed E-state index contributed by atoms with van der Waals surface area (Å²) in [5.74, 6) is -0.756. The third-order valence-corrected chi connectivity index (χ3v) is 3.50. The van der Waals surface area contributed by atoms with Crippen molar-refractivity contribution in [1.29, 1.82) is 0 Å². The molecule has 5 nitrogen and oxygen atoms in total. The first-order valence-corrected chi connectivity index (χ1v) is 7.10. The van der Waals surface area contributed by atoms with Gasteiger partial charge in [-0.25, -0.2) is 4.39 Å². The van der Waals surface area contributed by atoms with Crippen LogP contribution < -0.4 is 10.2 Å². The highest BCUT2D eigenvalue weighted by molar-refractivity contribution is 7.80. The molecule has 1 aliphatic rings. The Bertz CT molecular complexity index is 857. The minimum atomic E-state index is -0.640. The van der Waals surface area contributed by atoms with E-state index in [0.717, 1.165) is 11.0 Å². The number of anilines is 1. The Morgan fingerprint density at radius 2 is 2.04 bits per heavy atom. The summed E-state index contributed by atoms with van der Waals surface area (Å²) in [6.07, 6.45) is 1.33. The lowest BCUT2D eigenvalue weighted by atomic mass is 10.1. The molecule has 0 unspecified atom stereocenters. The number of hydrogen-bond acceptors (Lipinski definition) is 4. The number of amides is 2. The quantitative estimate of drug-likeness (QED) is 0.522. The minimum Gasteiger partial charge on any atom is -0.462 e. The number of halogens is 1. The van der Waals surface area contributed by atoms with Crippen LogP contribution in [-0.2, 0) is 9.59 Å². The lowest BCUT2D eigenvalue weighted by Crippen LogP contribution is -2.54. The van der Waals surface area contributed by atoms with Crippen LogP contribution in [0.2, 0.25) is 0 Å². The minimum absolute atomic E-state index is 0.0987. The Labute approximate surface area is 136 Å². The smallest absolute Gasteiger partial charge is 0.270 e. The van der Waals surface area contributed by atoms with Crippen LogP contribution in [0.4, 0.5) is 10.1 Å². The standard InChI is InChI=1S/C16H11FN2O3S/c1-9-5-6-12(22-9)8-13-14(20)18-16(23)19(15(13)21)11-4-2-3-10(17)7-11/h2-8H,1H3,(H,18,20,23). The molecule has 0 aliphatic carbocycles. The molecule has 7 heteroatoms. The van der Waals surface area contributed by atoms with E-state index in [4.69, 9.17) is 16.6 Å². The Hall–Kier alpha value is -2.80. The summed E-state index contributed by atoms with van der Waals surface area (Å²) >= 11 is 5.03. The van der Waals surface area contributed by atoms with E-state index in [2.05, 4.69) is 5.32 Å². The monoisotopic (exact) mass is 330 g/mol. The van der Waals surface area contributed by atoms with Gasteiger partial charge in [0.25, 0.3) is 11.8 Å². The highest BCUT2D eigenvalue weighted by Crippen LogP contribution is 2.23. The van der Waals surface area contributed by atoms with Crippen molar-refractivity contribution in [1.82, 2.24) is 5.32 Å². The SMILES string of the molecule is Cc1ccc(C=C2C(=O)NC(=S)N(c3cccc(F)c3)C2=O)o1. The summed E-state index contributed by atoms with van der Waals surface area (Å²) in [4.78, 5) is 25.7. The molecule has 2 aromatic rings. The van der Waals surface area contributed by atoms with Crippen LogP contribution in [-0.4, -0.2) is 16.9 Å². The molecule has 0 spiro atoms. The highest BCUT2D eigenvalue weighted by atomic mass is 32.1. The zero-order valence-electron chi connectivity index (χ0n) is 12.0. The van der Waals surface area contributed by atoms with E-state index in [1.165, 1.54) is 24.3 Å². The van der Waals surface area contributed by atoms with Crippen molar-refractivity contribution < 1.29 is 18.4 Å². The lowest BCUT2D eigenvalue weighted by Gasteiger charge is -2.28. The van der Waals surface area contributed by atoms with Gasteiger partial charge in [-0.05, 0) is 55.5 Å². The molecule has 3 rings (SSSR count). The number of carbonyl (C=O) groups is 2. The summed E-state index contributed by atoms with van der Waals surface area (Å²) in [7, 11) is 0. The van der Waals surface area contributed by atoms with Gasteiger partial charge in [0.05, 0.1) is 5.69 Å². The fourth-order valence-corrected chi connectivity index (χ4v) is 2.46. The molecule has 116 valence electrons. The Morgan fingerprint density at radius 3 is 2.70 bits per heavy atom. The number of furan rings is 1. The van der Waals surface area contributed by atoms with Crippen molar-refractivity contribution >= 4 is 40.9 Å². The number of carbonyl (C=O) groups excluding carboxylic acids is 2. The zero-order chi connectivity index (χ0) is 16.6. The van der Waals surface area contributed by atoms with E-state index in [1.54, 1.807) is 19.1 Å². The molecule has 23 heavy (non-hydrogen) atoms. The van der Waals surface area contributed by atoms with Crippen LogP contribution in [0.1, 0.15) is 11.5 Å². The van der Waals surface area contributed by atoms with E-state index in [1.807, 2.05) is 0 Å². The van der Waals surface area contributed by atoms with Gasteiger partial charge in [0.1, 0.15) is 22.9 Å². The summed E-state index contributed by atoms with van der Waals surface area (Å²) < 4.78 is 18.8. The molecule has 0 bridgehead atoms. The van der Waals surface area contributed by atoms with E-state index in [9.17, 15) is 14.0 Å². The maximum Gasteiger partial charge on any atom is 0.270 e. The van der Waals surface area contributed by atoms with E-state index < -0.39 is 17.6 Å². The molecule has 1 fully saturated rings. The maximum atomic E-state index is 13.4. The van der Waals surface area contributed by atoms with Crippen LogP contribution in [0.5, 0.6) is 0 Å². The molecular formula is C16H11FN2O3S. The first-order chi connectivity index (χ1) is 11.0. The van der Waals surface area contributed by atoms with E-state index in [0.29, 0.717) is 11.5 Å². The average Bonchev–Trinajstić information content (AvgIpc) is 2.89. The van der Waals surface area contributed by atoms with Crippen molar-refractivity contribution in [3.8, 4) is 0 Å². The van der Waals surface area contributed by atoms with Gasteiger partial charge in [-0.2, -0.15) is 0 Å². The van der Waals surface area contributed by atoms with Crippen molar-refractivity contribution in [2.45, 2.75) is 6.92 Å². The molecule has 0 saturated carbocycles. The lowest BCUT2D eigenvalue weighted by molar-refractivity contribution is -0.122. The molecule has 1 saturated heterocycles. The Kier molecular flexibility index (Phi) is 3.79. The second kappa shape index (κ2) is 5.77. The Morgan fingerprint density at radius 1 is 1.26 bits per heavy atom. The molecule has 1 aromatic heterocycles. The number of nitrogens with one attached hydrogen (secondary N) is 1. The van der Waals surface area contributed by atoms with Gasteiger partial charge in [-0.1, -0.05) is 6.07 Å². The van der Waals surface area contributed by atoms with Crippen LogP contribution >= 0.6 is 12.2 Å². The van der Waals surface area contributed by atoms with Gasteiger partial charge in [0.2, 0.25) is 0 Å². The fraction of sp³-hybridized carbons (Fsp3) is 0.0625. The zero-order valence-corrected chi connectivity index (χ0v) is 12.8. The molecule has 0 radical (unpaired) electrons. The normalized spacial score (nSPS) is 16.9. The average molecular weight is 330 g/mol. The number of thiocarbonyl (C=S) groups is 1. The number of rotatable bonds is 2. The van der Waals surface area contributed by atoms with Gasteiger partial charge in [-0.3, -0.25) is 19.8 Å². The van der Waals surface area contributed by atoms with E-state index in [-0.39, 0.29) is 16.4 Å². The first kappa shape index (κ1) is 15.1. The third kappa shape index (κ3) is 2.91. The van der Waals surface area contributed by atoms with E-state index >= 15 is 0 Å². The molecule has 0 atom stereocenters. The second-order valence-electron chi connectivity index (χ2n) is 4.89. The van der Waals surface area contributed by atoms with Gasteiger partial charge in [0, 0.05) is 0 Å². The van der Waals surface area contributed by atoms with Crippen molar-refractivity contribution in [3.05, 3.63) is 59.3 Å². The Balaban J connectivity index is 2.02. The molecule has 1 aliphatic heterocycles. The van der Waals surface area contributed by atoms with Crippen LogP contribution in [0.25, 0.3) is 6.08 Å². The topological polar surface area (TPSA) is 62.6 Å². The van der Waals surface area contributed by atoms with Crippen molar-refractivity contribution in [2.24, 2.45) is 0 Å². The van der Waals surface area contributed by atoms with Gasteiger partial charge < -0.3 is 4.42 Å². The number of aryl methyl sites for hydroxylation is 1. The number of nitrogens with zero attached hydrogens (tertiary/aromatic N) is 1. The largest absolute Gasteiger partial charge is 0.462 e. The van der Waals surface area contributed by atoms with Gasteiger partial charge >= 0.3 is 0 Å². The molecule has 2 heterocycles. The molecule has 1 N–H and O–H groups in total. The summed E-state index contributed by atoms with van der Waals surface area (Å²) in [5, 5.41) is 2.32. The predicted molar refractivity (Wildman–Crippen MR) is 86.0 cm³/mol. The van der Waals surface area contributed by atoms with Crippen LogP contribution in [0, 0.1) is 12.7 Å². The summed E-state index contributed by atoms with van der Waals surface area (Å²) in [6.45, 7) is 1.75. The number of hydrogen-bond donors (Lipinski definition) is 1.